The molecule has 0 unspecified atom stereocenters. The van der Waals surface area contributed by atoms with E-state index < -0.39 is 0 Å². The van der Waals surface area contributed by atoms with E-state index in [1.807, 2.05) is 12.1 Å². The molecule has 4 aromatic rings. The minimum atomic E-state index is -0.345. The molecule has 0 aliphatic rings. The molecule has 9 heteroatoms. The molecule has 0 saturated heterocycles. The molecule has 0 atom stereocenters. The Bertz CT molecular complexity index is 1210. The summed E-state index contributed by atoms with van der Waals surface area (Å²) in [6, 6.07) is 20.3. The van der Waals surface area contributed by atoms with Gasteiger partial charge in [-0.1, -0.05) is 23.4 Å². The van der Waals surface area contributed by atoms with Crippen LogP contribution in [0.1, 0.15) is 0 Å². The highest BCUT2D eigenvalue weighted by Gasteiger charge is 2.17. The van der Waals surface area contributed by atoms with Crippen molar-refractivity contribution in [1.29, 1.82) is 0 Å². The molecule has 0 aliphatic heterocycles. The fraction of sp³-hybridized carbons (Fsp3) is 0.0870. The van der Waals surface area contributed by atoms with Crippen LogP contribution in [0.3, 0.4) is 0 Å². The van der Waals surface area contributed by atoms with Crippen molar-refractivity contribution >= 4 is 35.0 Å². The number of ether oxygens (including phenoxy) is 1. The van der Waals surface area contributed by atoms with Crippen molar-refractivity contribution < 1.29 is 13.9 Å². The first kappa shape index (κ1) is 21.9. The average molecular weight is 469 g/mol. The van der Waals surface area contributed by atoms with Gasteiger partial charge in [-0.3, -0.25) is 9.36 Å². The lowest BCUT2D eigenvalue weighted by Crippen LogP contribution is -2.14. The first-order valence-electron chi connectivity index (χ1n) is 9.57. The molecule has 0 aliphatic carbocycles. The lowest BCUT2D eigenvalue weighted by Gasteiger charge is -2.11. The van der Waals surface area contributed by atoms with E-state index in [4.69, 9.17) is 16.3 Å². The van der Waals surface area contributed by atoms with E-state index in [0.29, 0.717) is 33.1 Å². The third-order valence-corrected chi connectivity index (χ3v) is 5.71. The number of amides is 1. The first-order valence-corrected chi connectivity index (χ1v) is 10.9. The van der Waals surface area contributed by atoms with Gasteiger partial charge >= 0.3 is 0 Å². The van der Waals surface area contributed by atoms with Crippen LogP contribution < -0.4 is 10.1 Å². The number of hydrogen-bond donors (Lipinski definition) is 1. The van der Waals surface area contributed by atoms with Gasteiger partial charge in [0.2, 0.25) is 5.91 Å². The predicted octanol–water partition coefficient (Wildman–Crippen LogP) is 5.47. The molecule has 1 heterocycles. The fourth-order valence-electron chi connectivity index (χ4n) is 2.97. The molecule has 162 valence electrons. The molecule has 1 N–H and O–H groups in total. The molecule has 1 aromatic heterocycles. The van der Waals surface area contributed by atoms with Crippen molar-refractivity contribution in [3.8, 4) is 22.8 Å². The van der Waals surface area contributed by atoms with E-state index in [0.717, 1.165) is 5.56 Å². The second-order valence-corrected chi connectivity index (χ2v) is 8.07. The number of anilines is 1. The van der Waals surface area contributed by atoms with Gasteiger partial charge in [0.1, 0.15) is 11.6 Å². The van der Waals surface area contributed by atoms with Crippen LogP contribution in [0.15, 0.2) is 78.0 Å². The summed E-state index contributed by atoms with van der Waals surface area (Å²) in [6.07, 6.45) is 0. The van der Waals surface area contributed by atoms with Crippen LogP contribution in [0.5, 0.6) is 5.75 Å². The number of nitrogens with zero attached hydrogens (tertiary/aromatic N) is 3. The number of benzene rings is 3. The topological polar surface area (TPSA) is 69.0 Å². The second-order valence-electron chi connectivity index (χ2n) is 6.69. The Kier molecular flexibility index (Phi) is 6.72. The molecular weight excluding hydrogens is 451 g/mol. The van der Waals surface area contributed by atoms with Crippen molar-refractivity contribution in [2.45, 2.75) is 5.16 Å². The number of aromatic nitrogens is 3. The Hall–Kier alpha value is -3.36. The van der Waals surface area contributed by atoms with Crippen LogP contribution in [0.2, 0.25) is 5.02 Å². The van der Waals surface area contributed by atoms with Crippen LogP contribution in [0, 0.1) is 5.82 Å². The zero-order chi connectivity index (χ0) is 22.5. The van der Waals surface area contributed by atoms with Crippen LogP contribution in [0.25, 0.3) is 17.1 Å². The van der Waals surface area contributed by atoms with Crippen LogP contribution in [-0.2, 0) is 4.79 Å². The molecule has 1 amide bonds. The van der Waals surface area contributed by atoms with Crippen LogP contribution >= 0.6 is 23.4 Å². The highest BCUT2D eigenvalue weighted by atomic mass is 35.5. The predicted molar refractivity (Wildman–Crippen MR) is 124 cm³/mol. The first-order chi connectivity index (χ1) is 15.5. The van der Waals surface area contributed by atoms with Crippen molar-refractivity contribution in [1.82, 2.24) is 14.8 Å². The minimum absolute atomic E-state index is 0.117. The molecule has 6 nitrogen and oxygen atoms in total. The molecule has 0 fully saturated rings. The van der Waals surface area contributed by atoms with Crippen LogP contribution in [0.4, 0.5) is 10.1 Å². The lowest BCUT2D eigenvalue weighted by atomic mass is 10.2. The van der Waals surface area contributed by atoms with Gasteiger partial charge in [-0.25, -0.2) is 4.39 Å². The summed E-state index contributed by atoms with van der Waals surface area (Å²) in [5.41, 5.74) is 2.14. The third kappa shape index (κ3) is 5.09. The largest absolute Gasteiger partial charge is 0.497 e. The normalized spacial score (nSPS) is 10.7. The van der Waals surface area contributed by atoms with E-state index in [1.165, 1.54) is 23.9 Å². The number of halogens is 2. The lowest BCUT2D eigenvalue weighted by molar-refractivity contribution is -0.113. The summed E-state index contributed by atoms with van der Waals surface area (Å²) in [7, 11) is 1.58. The standard InChI is InChI=1S/C23H18ClFN4O2S/c1-31-20-12-8-18(9-13-20)26-21(30)14-32-23-28-27-22(15-2-4-16(24)5-3-15)29(23)19-10-6-17(25)7-11-19/h2-13H,14H2,1H3,(H,26,30). The van der Waals surface area contributed by atoms with Gasteiger partial charge < -0.3 is 10.1 Å². The van der Waals surface area contributed by atoms with Gasteiger partial charge in [-0.2, -0.15) is 0 Å². The van der Waals surface area contributed by atoms with Gasteiger partial charge in [-0.05, 0) is 72.8 Å². The van der Waals surface area contributed by atoms with Crippen molar-refractivity contribution in [3.05, 3.63) is 83.6 Å². The number of nitrogens with one attached hydrogen (secondary N) is 1. The Labute approximate surface area is 193 Å². The highest BCUT2D eigenvalue weighted by Crippen LogP contribution is 2.29. The fourth-order valence-corrected chi connectivity index (χ4v) is 3.85. The van der Waals surface area contributed by atoms with Gasteiger partial charge in [0, 0.05) is 22.0 Å². The Morgan fingerprint density at radius 3 is 2.38 bits per heavy atom. The molecule has 0 bridgehead atoms. The molecule has 0 radical (unpaired) electrons. The summed E-state index contributed by atoms with van der Waals surface area (Å²) in [4.78, 5) is 12.5. The molecule has 4 rings (SSSR count). The number of rotatable bonds is 7. The Morgan fingerprint density at radius 1 is 1.03 bits per heavy atom. The van der Waals surface area contributed by atoms with Crippen molar-refractivity contribution in [3.63, 3.8) is 0 Å². The summed E-state index contributed by atoms with van der Waals surface area (Å²) >= 11 is 7.24. The number of hydrogen-bond acceptors (Lipinski definition) is 5. The zero-order valence-electron chi connectivity index (χ0n) is 17.0. The number of carbonyl (C=O) groups is 1. The zero-order valence-corrected chi connectivity index (χ0v) is 18.5. The molecule has 0 saturated carbocycles. The number of carbonyl (C=O) groups excluding carboxylic acids is 1. The van der Waals surface area contributed by atoms with Crippen molar-refractivity contribution in [2.24, 2.45) is 0 Å². The average Bonchev–Trinajstić information content (AvgIpc) is 3.23. The third-order valence-electron chi connectivity index (χ3n) is 4.53. The summed E-state index contributed by atoms with van der Waals surface area (Å²) in [5.74, 6) is 0.849. The van der Waals surface area contributed by atoms with Crippen molar-refractivity contribution in [2.75, 3.05) is 18.2 Å². The molecular formula is C23H18ClFN4O2S. The van der Waals surface area contributed by atoms with Gasteiger partial charge in [0.15, 0.2) is 11.0 Å². The SMILES string of the molecule is COc1ccc(NC(=O)CSc2nnc(-c3ccc(Cl)cc3)n2-c2ccc(F)cc2)cc1. The maximum absolute atomic E-state index is 13.5. The Morgan fingerprint density at radius 2 is 1.72 bits per heavy atom. The number of thioether (sulfide) groups is 1. The monoisotopic (exact) mass is 468 g/mol. The second kappa shape index (κ2) is 9.84. The van der Waals surface area contributed by atoms with E-state index in [9.17, 15) is 9.18 Å². The van der Waals surface area contributed by atoms with Gasteiger partial charge in [-0.15, -0.1) is 10.2 Å². The highest BCUT2D eigenvalue weighted by molar-refractivity contribution is 7.99. The quantitative estimate of drug-likeness (QED) is 0.364. The Balaban J connectivity index is 1.56. The summed E-state index contributed by atoms with van der Waals surface area (Å²) in [5, 5.41) is 12.5. The number of methoxy groups -OCH3 is 1. The van der Waals surface area contributed by atoms with Crippen LogP contribution in [-0.4, -0.2) is 33.5 Å². The molecule has 0 spiro atoms. The van der Waals surface area contributed by atoms with E-state index in [1.54, 1.807) is 60.2 Å². The summed E-state index contributed by atoms with van der Waals surface area (Å²) in [6.45, 7) is 0. The van der Waals surface area contributed by atoms with E-state index >= 15 is 0 Å². The minimum Gasteiger partial charge on any atom is -0.497 e. The maximum Gasteiger partial charge on any atom is 0.234 e. The van der Waals surface area contributed by atoms with E-state index in [-0.39, 0.29) is 17.5 Å². The smallest absolute Gasteiger partial charge is 0.234 e. The molecule has 32 heavy (non-hydrogen) atoms. The maximum atomic E-state index is 13.5. The van der Waals surface area contributed by atoms with Gasteiger partial charge in [0.25, 0.3) is 0 Å². The molecule has 3 aromatic carbocycles. The van der Waals surface area contributed by atoms with Gasteiger partial charge in [0.05, 0.1) is 12.9 Å². The van der Waals surface area contributed by atoms with E-state index in [2.05, 4.69) is 15.5 Å². The summed E-state index contributed by atoms with van der Waals surface area (Å²) < 4.78 is 20.4.